The number of halogens is 1. The van der Waals surface area contributed by atoms with Gasteiger partial charge >= 0.3 is 0 Å². The van der Waals surface area contributed by atoms with E-state index in [1.807, 2.05) is 55.5 Å². The van der Waals surface area contributed by atoms with E-state index >= 15 is 0 Å². The Bertz CT molecular complexity index is 586. The molecule has 2 aromatic rings. The molecule has 20 heavy (non-hydrogen) atoms. The van der Waals surface area contributed by atoms with Gasteiger partial charge in [-0.25, -0.2) is 0 Å². The average molecular weight is 289 g/mol. The van der Waals surface area contributed by atoms with E-state index in [9.17, 15) is 4.79 Å². The molecule has 0 fully saturated rings. The van der Waals surface area contributed by atoms with Crippen LogP contribution >= 0.6 is 11.6 Å². The molecule has 0 radical (unpaired) electrons. The molecule has 0 aliphatic rings. The average Bonchev–Trinajstić information content (AvgIpc) is 2.47. The van der Waals surface area contributed by atoms with Gasteiger partial charge in [-0.3, -0.25) is 4.79 Å². The first-order valence-electron chi connectivity index (χ1n) is 6.44. The Morgan fingerprint density at radius 2 is 1.75 bits per heavy atom. The van der Waals surface area contributed by atoms with E-state index in [2.05, 4.69) is 5.32 Å². The van der Waals surface area contributed by atoms with Crippen molar-refractivity contribution in [2.24, 2.45) is 5.73 Å². The minimum absolute atomic E-state index is 0.143. The van der Waals surface area contributed by atoms with E-state index < -0.39 is 6.04 Å². The third-order valence-corrected chi connectivity index (χ3v) is 3.38. The van der Waals surface area contributed by atoms with Crippen LogP contribution < -0.4 is 11.1 Å². The second-order valence-corrected chi connectivity index (χ2v) is 5.11. The first-order chi connectivity index (χ1) is 9.58. The van der Waals surface area contributed by atoms with Gasteiger partial charge in [-0.05, 0) is 30.2 Å². The molecule has 0 bridgehead atoms. The highest BCUT2D eigenvalue weighted by Gasteiger charge is 2.18. The van der Waals surface area contributed by atoms with Crippen molar-refractivity contribution in [2.75, 3.05) is 0 Å². The van der Waals surface area contributed by atoms with E-state index in [1.165, 1.54) is 0 Å². The van der Waals surface area contributed by atoms with Crippen LogP contribution in [0, 0.1) is 0 Å². The Hall–Kier alpha value is -1.84. The van der Waals surface area contributed by atoms with Gasteiger partial charge in [0.05, 0.1) is 6.04 Å². The number of rotatable bonds is 4. The molecular formula is C16H17ClN2O. The Labute approximate surface area is 123 Å². The van der Waals surface area contributed by atoms with Crippen LogP contribution in [0.4, 0.5) is 0 Å². The molecule has 0 spiro atoms. The molecule has 2 rings (SSSR count). The van der Waals surface area contributed by atoms with Gasteiger partial charge in [0.15, 0.2) is 0 Å². The lowest BCUT2D eigenvalue weighted by atomic mass is 10.1. The molecule has 3 N–H and O–H groups in total. The lowest BCUT2D eigenvalue weighted by molar-refractivity contribution is -0.123. The maximum atomic E-state index is 12.1. The molecule has 0 aliphatic carbocycles. The predicted molar refractivity (Wildman–Crippen MR) is 81.4 cm³/mol. The molecule has 0 saturated heterocycles. The van der Waals surface area contributed by atoms with E-state index in [0.717, 1.165) is 11.1 Å². The van der Waals surface area contributed by atoms with E-state index in [0.29, 0.717) is 5.02 Å². The first-order valence-corrected chi connectivity index (χ1v) is 6.82. The molecule has 0 aromatic heterocycles. The highest BCUT2D eigenvalue weighted by molar-refractivity contribution is 6.30. The maximum absolute atomic E-state index is 12.1. The van der Waals surface area contributed by atoms with E-state index in [4.69, 9.17) is 17.3 Å². The van der Waals surface area contributed by atoms with Crippen LogP contribution in [0.15, 0.2) is 54.6 Å². The summed E-state index contributed by atoms with van der Waals surface area (Å²) in [6, 6.07) is 15.9. The van der Waals surface area contributed by atoms with Gasteiger partial charge in [-0.15, -0.1) is 0 Å². The number of carbonyl (C=O) groups is 1. The van der Waals surface area contributed by atoms with Crippen LogP contribution in [0.25, 0.3) is 0 Å². The molecule has 0 heterocycles. The zero-order valence-electron chi connectivity index (χ0n) is 11.2. The van der Waals surface area contributed by atoms with Crippen molar-refractivity contribution in [3.05, 3.63) is 70.7 Å². The molecule has 0 aliphatic heterocycles. The maximum Gasteiger partial charge on any atom is 0.241 e. The molecule has 0 saturated carbocycles. The fourth-order valence-corrected chi connectivity index (χ4v) is 2.17. The van der Waals surface area contributed by atoms with Crippen molar-refractivity contribution in [3.63, 3.8) is 0 Å². The number of carbonyl (C=O) groups excluding carboxylic acids is 1. The third-order valence-electron chi connectivity index (χ3n) is 3.15. The van der Waals surface area contributed by atoms with Crippen LogP contribution in [0.2, 0.25) is 5.02 Å². The Kier molecular flexibility index (Phi) is 4.77. The Balaban J connectivity index is 2.04. The van der Waals surface area contributed by atoms with Gasteiger partial charge in [0.1, 0.15) is 6.04 Å². The van der Waals surface area contributed by atoms with Gasteiger partial charge in [-0.1, -0.05) is 54.1 Å². The highest BCUT2D eigenvalue weighted by Crippen LogP contribution is 2.18. The number of nitrogens with one attached hydrogen (secondary N) is 1. The summed E-state index contributed by atoms with van der Waals surface area (Å²) >= 11 is 5.95. The normalized spacial score (nSPS) is 13.6. The number of amides is 1. The first kappa shape index (κ1) is 14.6. The SMILES string of the molecule is CC(NC(=O)[C@@H](N)c1ccccc1)c1cccc(Cl)c1. The van der Waals surface area contributed by atoms with Crippen molar-refractivity contribution in [3.8, 4) is 0 Å². The summed E-state index contributed by atoms with van der Waals surface area (Å²) in [7, 11) is 0. The largest absolute Gasteiger partial charge is 0.348 e. The standard InChI is InChI=1S/C16H17ClN2O/c1-11(13-8-5-9-14(17)10-13)19-16(20)15(18)12-6-3-2-4-7-12/h2-11,15H,18H2,1H3,(H,19,20)/t11?,15-/m0/s1. The Morgan fingerprint density at radius 3 is 2.40 bits per heavy atom. The van der Waals surface area contributed by atoms with Gasteiger partial charge in [0.2, 0.25) is 5.91 Å². The van der Waals surface area contributed by atoms with E-state index in [-0.39, 0.29) is 11.9 Å². The molecule has 1 amide bonds. The Morgan fingerprint density at radius 1 is 1.10 bits per heavy atom. The van der Waals surface area contributed by atoms with Crippen LogP contribution in [0.3, 0.4) is 0 Å². The molecule has 2 atom stereocenters. The number of nitrogens with two attached hydrogens (primary N) is 1. The monoisotopic (exact) mass is 288 g/mol. The van der Waals surface area contributed by atoms with Crippen molar-refractivity contribution < 1.29 is 4.79 Å². The van der Waals surface area contributed by atoms with E-state index in [1.54, 1.807) is 6.07 Å². The van der Waals surface area contributed by atoms with Crippen molar-refractivity contribution in [1.29, 1.82) is 0 Å². The second kappa shape index (κ2) is 6.55. The minimum atomic E-state index is -0.669. The van der Waals surface area contributed by atoms with Gasteiger partial charge < -0.3 is 11.1 Å². The molecule has 104 valence electrons. The quantitative estimate of drug-likeness (QED) is 0.907. The van der Waals surface area contributed by atoms with Crippen molar-refractivity contribution in [2.45, 2.75) is 19.0 Å². The summed E-state index contributed by atoms with van der Waals surface area (Å²) in [5, 5.41) is 3.55. The number of benzene rings is 2. The molecule has 4 heteroatoms. The summed E-state index contributed by atoms with van der Waals surface area (Å²) < 4.78 is 0. The molecule has 3 nitrogen and oxygen atoms in total. The zero-order valence-corrected chi connectivity index (χ0v) is 12.0. The number of hydrogen-bond donors (Lipinski definition) is 2. The molecule has 2 aromatic carbocycles. The summed E-state index contributed by atoms with van der Waals surface area (Å²) in [5.41, 5.74) is 7.70. The highest BCUT2D eigenvalue weighted by atomic mass is 35.5. The van der Waals surface area contributed by atoms with Crippen LogP contribution in [0.5, 0.6) is 0 Å². The van der Waals surface area contributed by atoms with Crippen LogP contribution in [-0.4, -0.2) is 5.91 Å². The van der Waals surface area contributed by atoms with Gasteiger partial charge in [0.25, 0.3) is 0 Å². The second-order valence-electron chi connectivity index (χ2n) is 4.67. The third kappa shape index (κ3) is 3.59. The lowest BCUT2D eigenvalue weighted by Crippen LogP contribution is -2.35. The minimum Gasteiger partial charge on any atom is -0.348 e. The molecule has 1 unspecified atom stereocenters. The summed E-state index contributed by atoms with van der Waals surface area (Å²) in [6.45, 7) is 1.90. The summed E-state index contributed by atoms with van der Waals surface area (Å²) in [5.74, 6) is -0.205. The topological polar surface area (TPSA) is 55.1 Å². The van der Waals surface area contributed by atoms with Crippen LogP contribution in [-0.2, 0) is 4.79 Å². The lowest BCUT2D eigenvalue weighted by Gasteiger charge is -2.18. The zero-order chi connectivity index (χ0) is 14.5. The van der Waals surface area contributed by atoms with Crippen LogP contribution in [0.1, 0.15) is 30.1 Å². The smallest absolute Gasteiger partial charge is 0.241 e. The van der Waals surface area contributed by atoms with Crippen molar-refractivity contribution >= 4 is 17.5 Å². The fraction of sp³-hybridized carbons (Fsp3) is 0.188. The molecular weight excluding hydrogens is 272 g/mol. The van der Waals surface area contributed by atoms with Gasteiger partial charge in [-0.2, -0.15) is 0 Å². The van der Waals surface area contributed by atoms with Gasteiger partial charge in [0, 0.05) is 5.02 Å². The fourth-order valence-electron chi connectivity index (χ4n) is 1.97. The predicted octanol–water partition coefficient (Wildman–Crippen LogP) is 3.22. The summed E-state index contributed by atoms with van der Waals surface area (Å²) in [4.78, 5) is 12.1. The number of hydrogen-bond acceptors (Lipinski definition) is 2. The van der Waals surface area contributed by atoms with Crippen molar-refractivity contribution in [1.82, 2.24) is 5.32 Å². The summed E-state index contributed by atoms with van der Waals surface area (Å²) in [6.07, 6.45) is 0.